The van der Waals surface area contributed by atoms with Gasteiger partial charge in [0.15, 0.2) is 0 Å². The molecule has 0 saturated carbocycles. The van der Waals surface area contributed by atoms with Crippen LogP contribution in [0.3, 0.4) is 0 Å². The van der Waals surface area contributed by atoms with Gasteiger partial charge in [-0.15, -0.1) is 0 Å². The molecule has 0 amide bonds. The Morgan fingerprint density at radius 2 is 1.81 bits per heavy atom. The van der Waals surface area contributed by atoms with Gasteiger partial charge in [0.05, 0.1) is 5.02 Å². The Morgan fingerprint density at radius 3 is 2.50 bits per heavy atom. The second-order valence-electron chi connectivity index (χ2n) is 3.22. The number of halogens is 4. The summed E-state index contributed by atoms with van der Waals surface area (Å²) in [6.07, 6.45) is 0. The highest BCUT2D eigenvalue weighted by atomic mass is 79.9. The van der Waals surface area contributed by atoms with E-state index < -0.39 is 11.6 Å². The van der Waals surface area contributed by atoms with Gasteiger partial charge >= 0.3 is 0 Å². The van der Waals surface area contributed by atoms with Crippen LogP contribution in [0, 0.1) is 11.6 Å². The molecular weight excluding hydrogens is 297 g/mol. The molecule has 0 fully saturated rings. The van der Waals surface area contributed by atoms with Crippen molar-refractivity contribution in [3.05, 3.63) is 57.5 Å². The molecule has 0 aliphatic heterocycles. The first-order valence-electron chi connectivity index (χ1n) is 4.49. The van der Waals surface area contributed by atoms with E-state index in [-0.39, 0.29) is 10.6 Å². The first-order valence-corrected chi connectivity index (χ1v) is 5.66. The molecule has 0 saturated heterocycles. The Hall–Kier alpha value is -0.930. The van der Waals surface area contributed by atoms with Crippen molar-refractivity contribution in [3.8, 4) is 11.1 Å². The van der Waals surface area contributed by atoms with E-state index in [9.17, 15) is 8.78 Å². The lowest BCUT2D eigenvalue weighted by Gasteiger charge is -2.08. The van der Waals surface area contributed by atoms with Gasteiger partial charge in [0.1, 0.15) is 11.6 Å². The molecule has 2 aromatic rings. The minimum atomic E-state index is -0.473. The molecule has 0 spiro atoms. The van der Waals surface area contributed by atoms with Gasteiger partial charge in [-0.3, -0.25) is 0 Å². The zero-order valence-corrected chi connectivity index (χ0v) is 10.3. The second kappa shape index (κ2) is 4.52. The first-order chi connectivity index (χ1) is 7.59. The van der Waals surface area contributed by atoms with Crippen molar-refractivity contribution in [1.82, 2.24) is 0 Å². The van der Waals surface area contributed by atoms with Crippen molar-refractivity contribution in [1.29, 1.82) is 0 Å². The van der Waals surface area contributed by atoms with Crippen LogP contribution < -0.4 is 0 Å². The van der Waals surface area contributed by atoms with Crippen LogP contribution in [-0.4, -0.2) is 0 Å². The first kappa shape index (κ1) is 11.6. The van der Waals surface area contributed by atoms with Crippen LogP contribution in [0.2, 0.25) is 5.02 Å². The topological polar surface area (TPSA) is 0 Å². The molecule has 16 heavy (non-hydrogen) atoms. The predicted molar refractivity (Wildman–Crippen MR) is 64.5 cm³/mol. The van der Waals surface area contributed by atoms with Crippen molar-refractivity contribution in [2.24, 2.45) is 0 Å². The molecule has 4 heteroatoms. The quantitative estimate of drug-likeness (QED) is 0.692. The summed E-state index contributed by atoms with van der Waals surface area (Å²) in [6, 6.07) is 8.42. The fourth-order valence-electron chi connectivity index (χ4n) is 1.44. The fourth-order valence-corrected chi connectivity index (χ4v) is 2.15. The smallest absolute Gasteiger partial charge is 0.132 e. The van der Waals surface area contributed by atoms with Gasteiger partial charge in [-0.25, -0.2) is 8.78 Å². The molecule has 0 nitrogen and oxygen atoms in total. The number of hydrogen-bond acceptors (Lipinski definition) is 0. The largest absolute Gasteiger partial charge is 0.207 e. The monoisotopic (exact) mass is 302 g/mol. The molecule has 0 radical (unpaired) electrons. The Labute approximate surface area is 105 Å². The molecule has 0 heterocycles. The molecule has 0 aliphatic rings. The van der Waals surface area contributed by atoms with Gasteiger partial charge in [0.25, 0.3) is 0 Å². The van der Waals surface area contributed by atoms with Crippen LogP contribution in [0.1, 0.15) is 0 Å². The van der Waals surface area contributed by atoms with Crippen LogP contribution in [0.5, 0.6) is 0 Å². The van der Waals surface area contributed by atoms with Crippen LogP contribution in [-0.2, 0) is 0 Å². The van der Waals surface area contributed by atoms with Gasteiger partial charge in [0.2, 0.25) is 0 Å². The van der Waals surface area contributed by atoms with Gasteiger partial charge in [-0.1, -0.05) is 33.6 Å². The van der Waals surface area contributed by atoms with E-state index in [4.69, 9.17) is 11.6 Å². The summed E-state index contributed by atoms with van der Waals surface area (Å²) in [5.41, 5.74) is 0.610. The van der Waals surface area contributed by atoms with Crippen LogP contribution >= 0.6 is 27.5 Å². The van der Waals surface area contributed by atoms with E-state index >= 15 is 0 Å². The highest BCUT2D eigenvalue weighted by molar-refractivity contribution is 9.10. The maximum Gasteiger partial charge on any atom is 0.132 e. The van der Waals surface area contributed by atoms with Gasteiger partial charge in [0, 0.05) is 15.6 Å². The number of benzene rings is 2. The zero-order valence-electron chi connectivity index (χ0n) is 7.98. The highest BCUT2D eigenvalue weighted by Crippen LogP contribution is 2.35. The molecule has 0 aromatic heterocycles. The molecular formula is C12H6BrClF2. The van der Waals surface area contributed by atoms with Gasteiger partial charge in [-0.2, -0.15) is 0 Å². The van der Waals surface area contributed by atoms with E-state index in [1.807, 2.05) is 0 Å². The maximum atomic E-state index is 13.6. The van der Waals surface area contributed by atoms with E-state index in [0.29, 0.717) is 10.0 Å². The molecule has 2 rings (SSSR count). The Bertz CT molecular complexity index is 520. The fraction of sp³-hybridized carbons (Fsp3) is 0. The molecule has 2 aromatic carbocycles. The van der Waals surface area contributed by atoms with Crippen molar-refractivity contribution < 1.29 is 8.78 Å². The Kier molecular flexibility index (Phi) is 3.26. The molecule has 0 atom stereocenters. The summed E-state index contributed by atoms with van der Waals surface area (Å²) < 4.78 is 27.3. The summed E-state index contributed by atoms with van der Waals surface area (Å²) in [4.78, 5) is 0. The van der Waals surface area contributed by atoms with Crippen molar-refractivity contribution in [2.45, 2.75) is 0 Å². The third kappa shape index (κ3) is 2.11. The predicted octanol–water partition coefficient (Wildman–Crippen LogP) is 5.05. The van der Waals surface area contributed by atoms with E-state index in [2.05, 4.69) is 15.9 Å². The zero-order chi connectivity index (χ0) is 11.7. The Morgan fingerprint density at radius 1 is 1.06 bits per heavy atom. The average molecular weight is 304 g/mol. The lowest BCUT2D eigenvalue weighted by Crippen LogP contribution is -1.88. The minimum absolute atomic E-state index is 0.204. The summed E-state index contributed by atoms with van der Waals surface area (Å²) >= 11 is 9.15. The summed E-state index contributed by atoms with van der Waals surface area (Å²) in [7, 11) is 0. The van der Waals surface area contributed by atoms with Gasteiger partial charge < -0.3 is 0 Å². The van der Waals surface area contributed by atoms with Crippen LogP contribution in [0.15, 0.2) is 40.9 Å². The summed E-state index contributed by atoms with van der Waals surface area (Å²) in [6.45, 7) is 0. The minimum Gasteiger partial charge on any atom is -0.207 e. The molecule has 0 aliphatic carbocycles. The SMILES string of the molecule is Fc1ccc(Br)c(-c2c(F)cccc2Cl)c1. The number of rotatable bonds is 1. The normalized spacial score (nSPS) is 10.5. The van der Waals surface area contributed by atoms with Crippen molar-refractivity contribution >= 4 is 27.5 Å². The summed E-state index contributed by atoms with van der Waals surface area (Å²) in [5, 5.41) is 0.256. The van der Waals surface area contributed by atoms with E-state index in [0.717, 1.165) is 0 Å². The van der Waals surface area contributed by atoms with Crippen molar-refractivity contribution in [2.75, 3.05) is 0 Å². The molecule has 0 bridgehead atoms. The Balaban J connectivity index is 2.72. The van der Waals surface area contributed by atoms with E-state index in [1.54, 1.807) is 6.07 Å². The second-order valence-corrected chi connectivity index (χ2v) is 4.48. The molecule has 0 N–H and O–H groups in total. The molecule has 82 valence electrons. The standard InChI is InChI=1S/C12H6BrClF2/c13-9-5-4-7(15)6-8(9)12-10(14)2-1-3-11(12)16/h1-6H. The highest BCUT2D eigenvalue weighted by Gasteiger charge is 2.13. The maximum absolute atomic E-state index is 13.6. The van der Waals surface area contributed by atoms with Gasteiger partial charge in [-0.05, 0) is 30.3 Å². The lowest BCUT2D eigenvalue weighted by atomic mass is 10.1. The van der Waals surface area contributed by atoms with Crippen LogP contribution in [0.25, 0.3) is 11.1 Å². The molecule has 0 unspecified atom stereocenters. The van der Waals surface area contributed by atoms with Crippen molar-refractivity contribution in [3.63, 3.8) is 0 Å². The third-order valence-electron chi connectivity index (χ3n) is 2.16. The number of hydrogen-bond donors (Lipinski definition) is 0. The van der Waals surface area contributed by atoms with Crippen LogP contribution in [0.4, 0.5) is 8.78 Å². The average Bonchev–Trinajstić information content (AvgIpc) is 2.23. The van der Waals surface area contributed by atoms with E-state index in [1.165, 1.54) is 30.3 Å². The lowest BCUT2D eigenvalue weighted by molar-refractivity contribution is 0.624. The third-order valence-corrected chi connectivity index (χ3v) is 3.17. The summed E-state index contributed by atoms with van der Waals surface area (Å²) in [5.74, 6) is -0.906.